The summed E-state index contributed by atoms with van der Waals surface area (Å²) in [5, 5.41) is 3.88. The van der Waals surface area contributed by atoms with E-state index in [4.69, 9.17) is 20.9 Å². The summed E-state index contributed by atoms with van der Waals surface area (Å²) in [6, 6.07) is 14.0. The van der Waals surface area contributed by atoms with Crippen molar-refractivity contribution in [3.63, 3.8) is 0 Å². The number of methoxy groups -OCH3 is 1. The number of aromatic nitrogens is 3. The van der Waals surface area contributed by atoms with E-state index >= 15 is 0 Å². The van der Waals surface area contributed by atoms with E-state index in [0.717, 1.165) is 5.56 Å². The van der Waals surface area contributed by atoms with Gasteiger partial charge in [0, 0.05) is 17.7 Å². The van der Waals surface area contributed by atoms with E-state index in [1.807, 2.05) is 24.3 Å². The molecule has 2 heterocycles. The summed E-state index contributed by atoms with van der Waals surface area (Å²) in [7, 11) is -2.66. The Kier molecular flexibility index (Phi) is 6.68. The minimum Gasteiger partial charge on any atom is -0.464 e. The molecule has 0 amide bonds. The topological polar surface area (TPSA) is 116 Å². The number of imidazole rings is 1. The molecule has 2 aromatic carbocycles. The molecule has 0 aliphatic carbocycles. The number of nitrogens with one attached hydrogen (secondary N) is 1. The molecule has 1 N–H and O–H groups in total. The molecule has 0 spiro atoms. The Morgan fingerprint density at radius 2 is 1.80 bits per heavy atom. The van der Waals surface area contributed by atoms with Gasteiger partial charge in [-0.1, -0.05) is 59.2 Å². The van der Waals surface area contributed by atoms with E-state index < -0.39 is 16.0 Å². The molecule has 0 fully saturated rings. The van der Waals surface area contributed by atoms with Gasteiger partial charge in [-0.15, -0.1) is 0 Å². The zero-order chi connectivity index (χ0) is 25.3. The number of anilines is 1. The molecule has 182 valence electrons. The molecule has 0 radical (unpaired) electrons. The molecule has 4 aromatic rings. The van der Waals surface area contributed by atoms with E-state index in [1.54, 1.807) is 43.5 Å². The van der Waals surface area contributed by atoms with Gasteiger partial charge in [0.15, 0.2) is 10.8 Å². The fourth-order valence-corrected chi connectivity index (χ4v) is 5.19. The predicted octanol–water partition coefficient (Wildman–Crippen LogP) is 4.75. The molecule has 0 unspecified atom stereocenters. The summed E-state index contributed by atoms with van der Waals surface area (Å²) in [6.07, 6.45) is 0. The van der Waals surface area contributed by atoms with Gasteiger partial charge in [0.1, 0.15) is 5.82 Å². The van der Waals surface area contributed by atoms with Crippen LogP contribution in [0.25, 0.3) is 11.1 Å². The van der Waals surface area contributed by atoms with Crippen LogP contribution in [0.4, 0.5) is 5.88 Å². The fourth-order valence-electron chi connectivity index (χ4n) is 3.61. The molecule has 0 aliphatic heterocycles. The van der Waals surface area contributed by atoms with Gasteiger partial charge in [-0.2, -0.15) is 0 Å². The minimum atomic E-state index is -3.94. The normalized spacial score (nSPS) is 11.5. The Bertz CT molecular complexity index is 1510. The number of benzene rings is 2. The summed E-state index contributed by atoms with van der Waals surface area (Å²) in [4.78, 5) is 16.4. The first kappa shape index (κ1) is 24.5. The summed E-state index contributed by atoms with van der Waals surface area (Å²) in [6.45, 7) is 5.55. The van der Waals surface area contributed by atoms with Gasteiger partial charge in [-0.05, 0) is 38.0 Å². The molecule has 0 saturated heterocycles. The van der Waals surface area contributed by atoms with E-state index in [2.05, 4.69) is 14.9 Å². The van der Waals surface area contributed by atoms with Crippen molar-refractivity contribution in [1.82, 2.24) is 14.7 Å². The second-order valence-corrected chi connectivity index (χ2v) is 9.91. The number of carbonyl (C=O) groups is 1. The maximum atomic E-state index is 13.2. The van der Waals surface area contributed by atoms with E-state index in [0.29, 0.717) is 34.8 Å². The van der Waals surface area contributed by atoms with Crippen LogP contribution in [0, 0.1) is 20.8 Å². The lowest BCUT2D eigenvalue weighted by atomic mass is 10.0. The van der Waals surface area contributed by atoms with Crippen LogP contribution in [0.15, 0.2) is 57.9 Å². The first-order valence-electron chi connectivity index (χ1n) is 10.6. The van der Waals surface area contributed by atoms with Crippen molar-refractivity contribution in [2.75, 3.05) is 11.8 Å². The number of aryl methyl sites for hydroxylation is 2. The van der Waals surface area contributed by atoms with Crippen molar-refractivity contribution < 1.29 is 22.5 Å². The molecule has 11 heteroatoms. The number of hydrogen-bond donors (Lipinski definition) is 1. The third kappa shape index (κ3) is 4.80. The van der Waals surface area contributed by atoms with Crippen LogP contribution in [0.2, 0.25) is 5.15 Å². The van der Waals surface area contributed by atoms with Gasteiger partial charge >= 0.3 is 5.97 Å². The van der Waals surface area contributed by atoms with Crippen LogP contribution >= 0.6 is 11.6 Å². The van der Waals surface area contributed by atoms with E-state index in [1.165, 1.54) is 13.2 Å². The molecule has 0 atom stereocenters. The Balaban J connectivity index is 1.64. The Morgan fingerprint density at radius 1 is 1.11 bits per heavy atom. The highest BCUT2D eigenvalue weighted by Gasteiger charge is 2.23. The molecular weight excluding hydrogens is 492 g/mol. The van der Waals surface area contributed by atoms with Crippen molar-refractivity contribution >= 4 is 33.5 Å². The van der Waals surface area contributed by atoms with Crippen molar-refractivity contribution in [3.05, 3.63) is 82.0 Å². The minimum absolute atomic E-state index is 0.0785. The summed E-state index contributed by atoms with van der Waals surface area (Å²) >= 11 is 6.12. The van der Waals surface area contributed by atoms with Gasteiger partial charge in [0.25, 0.3) is 10.0 Å². The smallest absolute Gasteiger partial charge is 0.357 e. The number of ether oxygens (including phenoxy) is 1. The summed E-state index contributed by atoms with van der Waals surface area (Å²) < 4.78 is 40.4. The van der Waals surface area contributed by atoms with Crippen LogP contribution < -0.4 is 4.72 Å². The second kappa shape index (κ2) is 9.55. The number of hydrogen-bond acceptors (Lipinski definition) is 7. The van der Waals surface area contributed by atoms with Crippen molar-refractivity contribution in [1.29, 1.82) is 0 Å². The lowest BCUT2D eigenvalue weighted by Gasteiger charge is -2.13. The van der Waals surface area contributed by atoms with Gasteiger partial charge in [-0.3, -0.25) is 0 Å². The molecule has 0 saturated carbocycles. The fraction of sp³-hybridized carbons (Fsp3) is 0.208. The monoisotopic (exact) mass is 514 g/mol. The molecule has 9 nitrogen and oxygen atoms in total. The van der Waals surface area contributed by atoms with Gasteiger partial charge in [-0.25, -0.2) is 22.9 Å². The largest absolute Gasteiger partial charge is 0.464 e. The predicted molar refractivity (Wildman–Crippen MR) is 131 cm³/mol. The Hall–Kier alpha value is -3.63. The third-order valence-electron chi connectivity index (χ3n) is 5.66. The van der Waals surface area contributed by atoms with Gasteiger partial charge < -0.3 is 13.8 Å². The SMILES string of the molecule is COC(=O)c1c(Cl)nc(C)n1Cc1ccc(-c2ccccc2S(=O)(=O)Nc2onc(C)c2C)cc1. The number of nitrogens with zero attached hydrogens (tertiary/aromatic N) is 3. The number of sulfonamides is 1. The van der Waals surface area contributed by atoms with Gasteiger partial charge in [0.2, 0.25) is 5.88 Å². The van der Waals surface area contributed by atoms with E-state index in [-0.39, 0.29) is 21.6 Å². The lowest BCUT2D eigenvalue weighted by Crippen LogP contribution is -2.14. The summed E-state index contributed by atoms with van der Waals surface area (Å²) in [5.41, 5.74) is 3.50. The molecule has 0 aliphatic rings. The highest BCUT2D eigenvalue weighted by atomic mass is 35.5. The first-order valence-corrected chi connectivity index (χ1v) is 12.4. The zero-order valence-corrected chi connectivity index (χ0v) is 21.1. The maximum Gasteiger partial charge on any atom is 0.357 e. The highest BCUT2D eigenvalue weighted by molar-refractivity contribution is 7.92. The average molecular weight is 515 g/mol. The molecule has 4 rings (SSSR count). The average Bonchev–Trinajstić information content (AvgIpc) is 3.30. The second-order valence-electron chi connectivity index (χ2n) is 7.90. The highest BCUT2D eigenvalue weighted by Crippen LogP contribution is 2.30. The number of esters is 1. The third-order valence-corrected chi connectivity index (χ3v) is 7.31. The van der Waals surface area contributed by atoms with Crippen molar-refractivity contribution in [3.8, 4) is 11.1 Å². The van der Waals surface area contributed by atoms with E-state index in [9.17, 15) is 13.2 Å². The maximum absolute atomic E-state index is 13.2. The molecular formula is C24H23ClN4O5S. The molecule has 35 heavy (non-hydrogen) atoms. The first-order chi connectivity index (χ1) is 16.6. The van der Waals surface area contributed by atoms with Crippen molar-refractivity contribution in [2.45, 2.75) is 32.2 Å². The molecule has 2 aromatic heterocycles. The number of rotatable bonds is 7. The molecule has 0 bridgehead atoms. The van der Waals surface area contributed by atoms with Crippen LogP contribution in [0.3, 0.4) is 0 Å². The zero-order valence-electron chi connectivity index (χ0n) is 19.5. The lowest BCUT2D eigenvalue weighted by molar-refractivity contribution is 0.0589. The summed E-state index contributed by atoms with van der Waals surface area (Å²) in [5.74, 6) is 0.0828. The standard InChI is InChI=1S/C24H23ClN4O5S/c1-14-15(2)27-34-23(14)28-35(31,32)20-8-6-5-7-19(20)18-11-9-17(10-12-18)13-29-16(3)26-22(25)21(29)24(30)33-4/h5-12,28H,13H2,1-4H3. The van der Waals surface area contributed by atoms with Crippen LogP contribution in [0.1, 0.15) is 33.1 Å². The number of halogens is 1. The van der Waals surface area contributed by atoms with Gasteiger partial charge in [0.05, 0.1) is 17.7 Å². The Morgan fingerprint density at radius 3 is 2.43 bits per heavy atom. The van der Waals surface area contributed by atoms with Crippen LogP contribution in [0.5, 0.6) is 0 Å². The van der Waals surface area contributed by atoms with Crippen LogP contribution in [-0.2, 0) is 21.3 Å². The van der Waals surface area contributed by atoms with Crippen molar-refractivity contribution in [2.24, 2.45) is 0 Å². The quantitative estimate of drug-likeness (QED) is 0.353. The number of carbonyl (C=O) groups excluding carboxylic acids is 1. The van der Waals surface area contributed by atoms with Crippen LogP contribution in [-0.4, -0.2) is 36.2 Å². The Labute approximate surface area is 207 Å².